The first kappa shape index (κ1) is 24.3. The van der Waals surface area contributed by atoms with E-state index in [9.17, 15) is 17.6 Å². The average molecular weight is 433 g/mol. The molecule has 0 aromatic heterocycles. The first-order chi connectivity index (χ1) is 14.3. The maximum absolute atomic E-state index is 14.0. The van der Waals surface area contributed by atoms with E-state index in [1.165, 1.54) is 12.1 Å². The van der Waals surface area contributed by atoms with Gasteiger partial charge in [0.15, 0.2) is 9.84 Å². The molecule has 0 radical (unpaired) electrons. The number of carbonyl (C=O) groups excluding carboxylic acids is 1. The summed E-state index contributed by atoms with van der Waals surface area (Å²) in [5, 5.41) is 0. The van der Waals surface area contributed by atoms with Crippen molar-refractivity contribution in [1.82, 2.24) is 0 Å². The molecule has 0 saturated carbocycles. The van der Waals surface area contributed by atoms with Gasteiger partial charge < -0.3 is 4.79 Å². The van der Waals surface area contributed by atoms with Gasteiger partial charge in [-0.2, -0.15) is 0 Å². The third kappa shape index (κ3) is 5.57. The topological polar surface area (TPSA) is 51.2 Å². The predicted octanol–water partition coefficient (Wildman–Crippen LogP) is 6.21. The van der Waals surface area contributed by atoms with Gasteiger partial charge in [0.05, 0.1) is 9.64 Å². The first-order valence-corrected chi connectivity index (χ1v) is 12.3. The molecule has 0 bridgehead atoms. The van der Waals surface area contributed by atoms with Crippen LogP contribution in [-0.4, -0.2) is 19.5 Å². The van der Waals surface area contributed by atoms with Gasteiger partial charge in [-0.3, -0.25) is 0 Å². The summed E-state index contributed by atoms with van der Waals surface area (Å²) in [4.78, 5) is 11.9. The van der Waals surface area contributed by atoms with Crippen molar-refractivity contribution in [2.75, 3.05) is 0 Å². The van der Waals surface area contributed by atoms with E-state index < -0.39 is 14.6 Å². The lowest BCUT2D eigenvalue weighted by atomic mass is 9.92. The van der Waals surface area contributed by atoms with E-state index >= 15 is 0 Å². The van der Waals surface area contributed by atoms with E-state index in [0.29, 0.717) is 29.7 Å². The number of carbonyl (C=O) groups is 1. The van der Waals surface area contributed by atoms with Crippen molar-refractivity contribution in [3.63, 3.8) is 0 Å². The minimum Gasteiger partial charge on any atom is -0.303 e. The number of aryl methyl sites for hydroxylation is 1. The Morgan fingerprint density at radius 3 is 2.10 bits per heavy atom. The van der Waals surface area contributed by atoms with Crippen LogP contribution in [0, 0.1) is 12.7 Å². The zero-order chi connectivity index (χ0) is 22.2. The van der Waals surface area contributed by atoms with Gasteiger partial charge in [0.1, 0.15) is 12.1 Å². The zero-order valence-electron chi connectivity index (χ0n) is 18.3. The summed E-state index contributed by atoms with van der Waals surface area (Å²) in [6, 6.07) is 11.5. The fourth-order valence-corrected chi connectivity index (χ4v) is 6.32. The molecule has 2 rings (SSSR count). The van der Waals surface area contributed by atoms with Gasteiger partial charge in [-0.25, -0.2) is 12.8 Å². The molecule has 0 unspecified atom stereocenters. The number of sulfone groups is 1. The normalized spacial score (nSPS) is 12.1. The van der Waals surface area contributed by atoms with Crippen LogP contribution in [0.2, 0.25) is 0 Å². The van der Waals surface area contributed by atoms with Gasteiger partial charge in [0, 0.05) is 6.42 Å². The number of rotatable bonds is 12. The molecule has 2 aromatic rings. The zero-order valence-corrected chi connectivity index (χ0v) is 19.1. The van der Waals surface area contributed by atoms with E-state index in [1.807, 2.05) is 32.9 Å². The highest BCUT2D eigenvalue weighted by Crippen LogP contribution is 2.39. The van der Waals surface area contributed by atoms with Crippen molar-refractivity contribution in [2.45, 2.75) is 81.8 Å². The lowest BCUT2D eigenvalue weighted by Crippen LogP contribution is -2.40. The van der Waals surface area contributed by atoms with Crippen molar-refractivity contribution >= 4 is 16.1 Å². The highest BCUT2D eigenvalue weighted by Gasteiger charge is 2.44. The lowest BCUT2D eigenvalue weighted by Gasteiger charge is -2.33. The second-order valence-corrected chi connectivity index (χ2v) is 10.5. The average Bonchev–Trinajstić information content (AvgIpc) is 2.71. The number of hydrogen-bond donors (Lipinski definition) is 0. The summed E-state index contributed by atoms with van der Waals surface area (Å²) >= 11 is 0. The summed E-state index contributed by atoms with van der Waals surface area (Å²) in [5.41, 5.74) is 2.51. The standard InChI is InChI=1S/C25H33FO3S/c1-4-6-14-25(16-17-27,15-7-5-2)30(28,29)24-13-8-20(3)18-22(24)19-21-9-11-23(26)12-10-21/h8-13,17-18H,4-7,14-16,19H2,1-3H3. The molecule has 0 atom stereocenters. The second kappa shape index (κ2) is 10.9. The van der Waals surface area contributed by atoms with Gasteiger partial charge in [-0.1, -0.05) is 69.4 Å². The fraction of sp³-hybridized carbons (Fsp3) is 0.480. The van der Waals surface area contributed by atoms with Crippen LogP contribution in [0.3, 0.4) is 0 Å². The van der Waals surface area contributed by atoms with E-state index in [2.05, 4.69) is 0 Å². The third-order valence-electron chi connectivity index (χ3n) is 5.81. The maximum Gasteiger partial charge on any atom is 0.184 e. The van der Waals surface area contributed by atoms with Crippen molar-refractivity contribution < 1.29 is 17.6 Å². The van der Waals surface area contributed by atoms with Gasteiger partial charge in [0.25, 0.3) is 0 Å². The molecule has 5 heteroatoms. The van der Waals surface area contributed by atoms with E-state index in [4.69, 9.17) is 0 Å². The van der Waals surface area contributed by atoms with Gasteiger partial charge in [-0.15, -0.1) is 0 Å². The van der Waals surface area contributed by atoms with E-state index in [-0.39, 0.29) is 12.2 Å². The molecule has 30 heavy (non-hydrogen) atoms. The Morgan fingerprint density at radius 1 is 0.967 bits per heavy atom. The highest BCUT2D eigenvalue weighted by atomic mass is 32.2. The Morgan fingerprint density at radius 2 is 1.57 bits per heavy atom. The van der Waals surface area contributed by atoms with Gasteiger partial charge >= 0.3 is 0 Å². The predicted molar refractivity (Wildman–Crippen MR) is 120 cm³/mol. The Labute approximate surface area is 180 Å². The Bertz CT molecular complexity index is 925. The molecule has 0 aliphatic heterocycles. The number of unbranched alkanes of at least 4 members (excludes halogenated alkanes) is 2. The lowest BCUT2D eigenvalue weighted by molar-refractivity contribution is -0.108. The van der Waals surface area contributed by atoms with Crippen LogP contribution >= 0.6 is 0 Å². The Hall–Kier alpha value is -2.01. The molecule has 0 aliphatic rings. The molecule has 0 aliphatic carbocycles. The summed E-state index contributed by atoms with van der Waals surface area (Å²) in [7, 11) is -3.75. The molecule has 0 saturated heterocycles. The molecule has 2 aromatic carbocycles. The smallest absolute Gasteiger partial charge is 0.184 e. The minimum atomic E-state index is -3.75. The summed E-state index contributed by atoms with van der Waals surface area (Å²) < 4.78 is 40.3. The minimum absolute atomic E-state index is 0.0131. The first-order valence-electron chi connectivity index (χ1n) is 10.8. The summed E-state index contributed by atoms with van der Waals surface area (Å²) in [6.07, 6.45) is 5.40. The molecular weight excluding hydrogens is 399 g/mol. The van der Waals surface area contributed by atoms with Crippen molar-refractivity contribution in [2.24, 2.45) is 0 Å². The number of benzene rings is 2. The molecule has 0 heterocycles. The van der Waals surface area contributed by atoms with Crippen molar-refractivity contribution in [3.05, 3.63) is 65.0 Å². The Kier molecular flexibility index (Phi) is 8.78. The fourth-order valence-electron chi connectivity index (χ4n) is 4.02. The molecule has 3 nitrogen and oxygen atoms in total. The van der Waals surface area contributed by atoms with Crippen LogP contribution in [0.5, 0.6) is 0 Å². The van der Waals surface area contributed by atoms with Crippen LogP contribution in [-0.2, 0) is 21.1 Å². The molecule has 0 spiro atoms. The summed E-state index contributed by atoms with van der Waals surface area (Å²) in [6.45, 7) is 5.99. The van der Waals surface area contributed by atoms with Gasteiger partial charge in [0.2, 0.25) is 0 Å². The van der Waals surface area contributed by atoms with E-state index in [0.717, 1.165) is 43.1 Å². The van der Waals surface area contributed by atoms with Gasteiger partial charge in [-0.05, 0) is 55.5 Å². The highest BCUT2D eigenvalue weighted by molar-refractivity contribution is 7.93. The molecular formula is C25H33FO3S. The second-order valence-electron chi connectivity index (χ2n) is 8.18. The van der Waals surface area contributed by atoms with Crippen LogP contribution in [0.4, 0.5) is 4.39 Å². The number of aldehydes is 1. The quantitative estimate of drug-likeness (QED) is 0.375. The number of hydrogen-bond acceptors (Lipinski definition) is 3. The maximum atomic E-state index is 14.0. The monoisotopic (exact) mass is 432 g/mol. The van der Waals surface area contributed by atoms with Crippen molar-refractivity contribution in [1.29, 1.82) is 0 Å². The SMILES string of the molecule is CCCCC(CC=O)(CCCC)S(=O)(=O)c1ccc(C)cc1Cc1ccc(F)cc1. The molecule has 0 fully saturated rings. The van der Waals surface area contributed by atoms with Crippen molar-refractivity contribution in [3.8, 4) is 0 Å². The van der Waals surface area contributed by atoms with Crippen LogP contribution < -0.4 is 0 Å². The largest absolute Gasteiger partial charge is 0.303 e. The summed E-state index contributed by atoms with van der Waals surface area (Å²) in [5.74, 6) is -0.319. The van der Waals surface area contributed by atoms with E-state index in [1.54, 1.807) is 18.2 Å². The molecule has 164 valence electrons. The van der Waals surface area contributed by atoms with Crippen LogP contribution in [0.15, 0.2) is 47.4 Å². The molecule has 0 N–H and O–H groups in total. The van der Waals surface area contributed by atoms with Crippen LogP contribution in [0.25, 0.3) is 0 Å². The Balaban J connectivity index is 2.58. The third-order valence-corrected chi connectivity index (χ3v) is 8.50. The molecule has 0 amide bonds. The van der Waals surface area contributed by atoms with Crippen LogP contribution in [0.1, 0.15) is 75.5 Å². The number of halogens is 1.